The van der Waals surface area contributed by atoms with Gasteiger partial charge in [-0.05, 0) is 87.6 Å². The van der Waals surface area contributed by atoms with Crippen LogP contribution in [0.3, 0.4) is 0 Å². The minimum absolute atomic E-state index is 0.325. The third-order valence-electron chi connectivity index (χ3n) is 4.31. The van der Waals surface area contributed by atoms with Gasteiger partial charge in [0.15, 0.2) is 0 Å². The smallest absolute Gasteiger partial charge is 0.333 e. The number of carbonyl (C=O) groups is 1. The lowest BCUT2D eigenvalue weighted by atomic mass is 10.2. The van der Waals surface area contributed by atoms with Gasteiger partial charge in [0.25, 0.3) is 0 Å². The maximum absolute atomic E-state index is 11.3. The van der Waals surface area contributed by atoms with Gasteiger partial charge in [0.2, 0.25) is 0 Å². The minimum Gasteiger partial charge on any atom is -0.493 e. The molecule has 0 aromatic heterocycles. The van der Waals surface area contributed by atoms with Gasteiger partial charge in [0.1, 0.15) is 5.75 Å². The van der Waals surface area contributed by atoms with Crippen LogP contribution in [0.1, 0.15) is 43.7 Å². The lowest BCUT2D eigenvalue weighted by molar-refractivity contribution is -0.139. The number of carbonyl (C=O) groups excluding carboxylic acids is 1. The van der Waals surface area contributed by atoms with E-state index in [1.54, 1.807) is 31.2 Å². The van der Waals surface area contributed by atoms with E-state index in [1.165, 1.54) is 0 Å². The molecule has 0 saturated carbocycles. The van der Waals surface area contributed by atoms with Crippen molar-refractivity contribution in [3.05, 3.63) is 65.7 Å². The van der Waals surface area contributed by atoms with Gasteiger partial charge in [-0.1, -0.05) is 6.58 Å². The van der Waals surface area contributed by atoms with Crippen LogP contribution in [0.15, 0.2) is 64.8 Å². The summed E-state index contributed by atoms with van der Waals surface area (Å²) < 4.78 is 10.9. The van der Waals surface area contributed by atoms with E-state index in [-0.39, 0.29) is 5.97 Å². The second-order valence-corrected chi connectivity index (χ2v) is 6.99. The molecule has 0 N–H and O–H groups in total. The Balaban J connectivity index is 1.70. The van der Waals surface area contributed by atoms with Crippen LogP contribution >= 0.6 is 0 Å². The highest BCUT2D eigenvalue weighted by Crippen LogP contribution is 2.25. The van der Waals surface area contributed by atoms with E-state index in [9.17, 15) is 4.79 Å². The third kappa shape index (κ3) is 7.88. The van der Waals surface area contributed by atoms with Crippen molar-refractivity contribution in [2.45, 2.75) is 39.5 Å². The van der Waals surface area contributed by atoms with Gasteiger partial charge in [-0.3, -0.25) is 0 Å². The van der Waals surface area contributed by atoms with E-state index in [2.05, 4.69) is 22.9 Å². The molecule has 2 rings (SSSR count). The largest absolute Gasteiger partial charge is 0.493 e. The first kappa shape index (κ1) is 22.8. The molecule has 30 heavy (non-hydrogen) atoms. The molecule has 0 aliphatic rings. The van der Waals surface area contributed by atoms with E-state index in [0.717, 1.165) is 42.7 Å². The van der Waals surface area contributed by atoms with Crippen molar-refractivity contribution < 1.29 is 14.3 Å². The fourth-order valence-electron chi connectivity index (χ4n) is 2.60. The number of hydrogen-bond acceptors (Lipinski definition) is 6. The number of hydrogen-bond donors (Lipinski definition) is 0. The first-order chi connectivity index (χ1) is 14.5. The monoisotopic (exact) mass is 405 g/mol. The summed E-state index contributed by atoms with van der Waals surface area (Å²) >= 11 is 0. The van der Waals surface area contributed by atoms with E-state index in [4.69, 9.17) is 14.7 Å². The maximum atomic E-state index is 11.3. The summed E-state index contributed by atoms with van der Waals surface area (Å²) in [5.41, 5.74) is 3.46. The molecular weight excluding hydrogens is 378 g/mol. The quantitative estimate of drug-likeness (QED) is 0.189. The first-order valence-corrected chi connectivity index (χ1v) is 9.97. The standard InChI is InChI=1S/C24H27N3O3/c1-18(2)24(28)30-15-7-5-4-6-14-29-23-13-12-22(16-19(23)3)27-26-21-10-8-20(17-25)9-11-21/h8-13,16H,1,4-7,14-15H2,2-3H3. The van der Waals surface area contributed by atoms with Crippen LogP contribution in [0.5, 0.6) is 5.75 Å². The number of benzene rings is 2. The Kier molecular flexibility index (Phi) is 9.26. The molecule has 2 aromatic carbocycles. The number of rotatable bonds is 11. The zero-order valence-corrected chi connectivity index (χ0v) is 17.6. The number of unbranched alkanes of at least 4 members (excludes halogenated alkanes) is 3. The van der Waals surface area contributed by atoms with Gasteiger partial charge in [0.05, 0.1) is 36.2 Å². The van der Waals surface area contributed by atoms with Crippen molar-refractivity contribution in [3.8, 4) is 11.8 Å². The molecule has 156 valence electrons. The van der Waals surface area contributed by atoms with Crippen molar-refractivity contribution in [1.82, 2.24) is 0 Å². The molecule has 0 amide bonds. The van der Waals surface area contributed by atoms with Gasteiger partial charge in [-0.15, -0.1) is 0 Å². The fourth-order valence-corrected chi connectivity index (χ4v) is 2.60. The van der Waals surface area contributed by atoms with Gasteiger partial charge in [0, 0.05) is 5.57 Å². The summed E-state index contributed by atoms with van der Waals surface area (Å²) in [6.07, 6.45) is 3.78. The molecule has 0 radical (unpaired) electrons. The molecule has 0 spiro atoms. The molecule has 0 fully saturated rings. The molecule has 0 aliphatic heterocycles. The predicted molar refractivity (Wildman–Crippen MR) is 116 cm³/mol. The molecule has 0 unspecified atom stereocenters. The Hall–Kier alpha value is -3.46. The van der Waals surface area contributed by atoms with Crippen LogP contribution in [0.4, 0.5) is 11.4 Å². The summed E-state index contributed by atoms with van der Waals surface area (Å²) in [6.45, 7) is 8.25. The maximum Gasteiger partial charge on any atom is 0.333 e. The number of ether oxygens (including phenoxy) is 2. The Labute approximate surface area is 177 Å². The number of aryl methyl sites for hydroxylation is 1. The Morgan fingerprint density at radius 1 is 1.00 bits per heavy atom. The van der Waals surface area contributed by atoms with Crippen LogP contribution in [0, 0.1) is 18.3 Å². The third-order valence-corrected chi connectivity index (χ3v) is 4.31. The van der Waals surface area contributed by atoms with Crippen LogP contribution in [0.25, 0.3) is 0 Å². The topological polar surface area (TPSA) is 84.0 Å². The van der Waals surface area contributed by atoms with Gasteiger partial charge in [-0.2, -0.15) is 15.5 Å². The predicted octanol–water partition coefficient (Wildman–Crippen LogP) is 6.34. The van der Waals surface area contributed by atoms with Crippen molar-refractivity contribution >= 4 is 17.3 Å². The highest BCUT2D eigenvalue weighted by molar-refractivity contribution is 5.86. The van der Waals surface area contributed by atoms with Crippen molar-refractivity contribution in [2.24, 2.45) is 10.2 Å². The average molecular weight is 405 g/mol. The van der Waals surface area contributed by atoms with E-state index in [1.807, 2.05) is 25.1 Å². The normalized spacial score (nSPS) is 10.6. The number of azo groups is 1. The van der Waals surface area contributed by atoms with E-state index in [0.29, 0.717) is 30.0 Å². The molecule has 0 bridgehead atoms. The van der Waals surface area contributed by atoms with E-state index < -0.39 is 0 Å². The molecule has 0 heterocycles. The molecule has 0 aliphatic carbocycles. The number of nitriles is 1. The Bertz CT molecular complexity index is 928. The van der Waals surface area contributed by atoms with Crippen LogP contribution in [-0.2, 0) is 9.53 Å². The lowest BCUT2D eigenvalue weighted by Gasteiger charge is -2.09. The zero-order chi connectivity index (χ0) is 21.8. The number of nitrogens with zero attached hydrogens (tertiary/aromatic N) is 3. The van der Waals surface area contributed by atoms with Gasteiger partial charge >= 0.3 is 5.97 Å². The Morgan fingerprint density at radius 2 is 1.63 bits per heavy atom. The summed E-state index contributed by atoms with van der Waals surface area (Å²) in [7, 11) is 0. The molecule has 6 heteroatoms. The van der Waals surface area contributed by atoms with Crippen LogP contribution < -0.4 is 4.74 Å². The first-order valence-electron chi connectivity index (χ1n) is 9.97. The number of esters is 1. The molecule has 0 saturated heterocycles. The zero-order valence-electron chi connectivity index (χ0n) is 17.6. The SMILES string of the molecule is C=C(C)C(=O)OCCCCCCOc1ccc(N=Nc2ccc(C#N)cc2)cc1C. The van der Waals surface area contributed by atoms with Crippen molar-refractivity contribution in [1.29, 1.82) is 5.26 Å². The average Bonchev–Trinajstić information content (AvgIpc) is 2.75. The highest BCUT2D eigenvalue weighted by Gasteiger charge is 2.03. The molecule has 0 atom stereocenters. The van der Waals surface area contributed by atoms with Crippen LogP contribution in [0.2, 0.25) is 0 Å². The summed E-state index contributed by atoms with van der Waals surface area (Å²) in [5, 5.41) is 17.3. The van der Waals surface area contributed by atoms with Crippen LogP contribution in [-0.4, -0.2) is 19.2 Å². The molecular formula is C24H27N3O3. The van der Waals surface area contributed by atoms with Gasteiger partial charge < -0.3 is 9.47 Å². The summed E-state index contributed by atoms with van der Waals surface area (Å²) in [4.78, 5) is 11.3. The molecule has 6 nitrogen and oxygen atoms in total. The Morgan fingerprint density at radius 3 is 2.27 bits per heavy atom. The summed E-state index contributed by atoms with van der Waals surface area (Å²) in [6, 6.07) is 14.7. The molecule has 2 aromatic rings. The van der Waals surface area contributed by atoms with Gasteiger partial charge in [-0.25, -0.2) is 4.79 Å². The summed E-state index contributed by atoms with van der Waals surface area (Å²) in [5.74, 6) is 0.511. The van der Waals surface area contributed by atoms with Crippen molar-refractivity contribution in [2.75, 3.05) is 13.2 Å². The second-order valence-electron chi connectivity index (χ2n) is 6.99. The van der Waals surface area contributed by atoms with E-state index >= 15 is 0 Å². The highest BCUT2D eigenvalue weighted by atomic mass is 16.5. The van der Waals surface area contributed by atoms with Crippen molar-refractivity contribution in [3.63, 3.8) is 0 Å². The minimum atomic E-state index is -0.325. The second kappa shape index (κ2) is 12.2. The lowest BCUT2D eigenvalue weighted by Crippen LogP contribution is -2.06. The fraction of sp³-hybridized carbons (Fsp3) is 0.333.